The zero-order valence-electron chi connectivity index (χ0n) is 10.3. The summed E-state index contributed by atoms with van der Waals surface area (Å²) in [6.45, 7) is 1.95. The van der Waals surface area contributed by atoms with Gasteiger partial charge < -0.3 is 10.7 Å². The average Bonchev–Trinajstić information content (AvgIpc) is 2.37. The van der Waals surface area contributed by atoms with Gasteiger partial charge in [0.15, 0.2) is 5.16 Å². The Morgan fingerprint density at radius 3 is 2.58 bits per heavy atom. The van der Waals surface area contributed by atoms with Crippen LogP contribution < -0.4 is 11.3 Å². The lowest BCUT2D eigenvalue weighted by molar-refractivity contribution is 0.717. The monoisotopic (exact) mass is 339 g/mol. The summed E-state index contributed by atoms with van der Waals surface area (Å²) < 4.78 is 1.02. The third-order valence-electron chi connectivity index (χ3n) is 2.56. The van der Waals surface area contributed by atoms with Crippen molar-refractivity contribution in [1.82, 2.24) is 9.97 Å². The highest BCUT2D eigenvalue weighted by Gasteiger charge is 2.18. The lowest BCUT2D eigenvalue weighted by Gasteiger charge is -2.20. The number of nitrogens with two attached hydrogens (primary N) is 1. The molecule has 0 aliphatic rings. The Morgan fingerprint density at radius 1 is 1.32 bits per heavy atom. The third kappa shape index (κ3) is 3.92. The minimum absolute atomic E-state index is 0.0404. The van der Waals surface area contributed by atoms with Crippen LogP contribution in [0.25, 0.3) is 0 Å². The molecule has 0 spiro atoms. The molecule has 2 aromatic rings. The van der Waals surface area contributed by atoms with Crippen molar-refractivity contribution in [2.24, 2.45) is 5.73 Å². The molecule has 0 fully saturated rings. The number of aromatic amines is 1. The molecular weight excluding hydrogens is 326 g/mol. The van der Waals surface area contributed by atoms with Crippen LogP contribution in [-0.2, 0) is 0 Å². The first-order valence-electron chi connectivity index (χ1n) is 5.79. The second kappa shape index (κ2) is 6.36. The molecule has 6 heteroatoms. The Labute approximate surface area is 124 Å². The van der Waals surface area contributed by atoms with Gasteiger partial charge >= 0.3 is 0 Å². The average molecular weight is 340 g/mol. The first-order chi connectivity index (χ1) is 9.06. The van der Waals surface area contributed by atoms with Gasteiger partial charge in [-0.15, -0.1) is 0 Å². The number of rotatable bonds is 4. The molecule has 0 amide bonds. The Morgan fingerprint density at radius 2 is 2.00 bits per heavy atom. The molecule has 2 unspecified atom stereocenters. The van der Waals surface area contributed by atoms with E-state index in [9.17, 15) is 4.79 Å². The van der Waals surface area contributed by atoms with Gasteiger partial charge in [-0.25, -0.2) is 4.98 Å². The number of nitrogens with zero attached hydrogens (tertiary/aromatic N) is 1. The van der Waals surface area contributed by atoms with E-state index in [0.29, 0.717) is 5.16 Å². The second-order valence-corrected chi connectivity index (χ2v) is 6.23. The molecule has 1 aromatic carbocycles. The Hall–Kier alpha value is -1.11. The maximum absolute atomic E-state index is 11.3. The smallest absolute Gasteiger partial charge is 0.251 e. The third-order valence-corrected chi connectivity index (χ3v) is 4.48. The van der Waals surface area contributed by atoms with Crippen LogP contribution in [0, 0.1) is 0 Å². The highest BCUT2D eigenvalue weighted by molar-refractivity contribution is 9.10. The minimum Gasteiger partial charge on any atom is -0.327 e. The summed E-state index contributed by atoms with van der Waals surface area (Å²) in [6, 6.07) is 9.33. The molecule has 4 nitrogen and oxygen atoms in total. The predicted molar refractivity (Wildman–Crippen MR) is 81.2 cm³/mol. The Balaban J connectivity index is 2.26. The van der Waals surface area contributed by atoms with Crippen molar-refractivity contribution in [3.63, 3.8) is 0 Å². The van der Waals surface area contributed by atoms with Crippen molar-refractivity contribution in [1.29, 1.82) is 0 Å². The topological polar surface area (TPSA) is 71.8 Å². The summed E-state index contributed by atoms with van der Waals surface area (Å²) in [4.78, 5) is 18.1. The van der Waals surface area contributed by atoms with Crippen LogP contribution >= 0.6 is 27.7 Å². The van der Waals surface area contributed by atoms with Crippen molar-refractivity contribution in [3.8, 4) is 0 Å². The van der Waals surface area contributed by atoms with Crippen molar-refractivity contribution in [2.75, 3.05) is 0 Å². The van der Waals surface area contributed by atoms with Crippen LogP contribution in [0.2, 0.25) is 0 Å². The molecule has 19 heavy (non-hydrogen) atoms. The first kappa shape index (κ1) is 14.3. The lowest BCUT2D eigenvalue weighted by Crippen LogP contribution is -2.23. The Kier molecular flexibility index (Phi) is 4.79. The summed E-state index contributed by atoms with van der Waals surface area (Å²) in [5.74, 6) is 0. The molecule has 100 valence electrons. The van der Waals surface area contributed by atoms with Crippen LogP contribution in [0.5, 0.6) is 0 Å². The fourth-order valence-electron chi connectivity index (χ4n) is 1.66. The fourth-order valence-corrected chi connectivity index (χ4v) is 2.96. The van der Waals surface area contributed by atoms with Gasteiger partial charge in [-0.05, 0) is 24.6 Å². The first-order valence-corrected chi connectivity index (χ1v) is 7.46. The number of benzene rings is 1. The van der Waals surface area contributed by atoms with Gasteiger partial charge in [-0.3, -0.25) is 4.79 Å². The maximum atomic E-state index is 11.3. The largest absolute Gasteiger partial charge is 0.327 e. The molecule has 0 saturated heterocycles. The van der Waals surface area contributed by atoms with Crippen molar-refractivity contribution in [3.05, 3.63) is 56.9 Å². The molecular formula is C13H14BrN3OS. The van der Waals surface area contributed by atoms with Crippen LogP contribution in [-0.4, -0.2) is 16.0 Å². The molecule has 1 aromatic heterocycles. The van der Waals surface area contributed by atoms with E-state index in [1.54, 1.807) is 0 Å². The number of hydrogen-bond acceptors (Lipinski definition) is 4. The number of H-pyrrole nitrogens is 1. The number of halogens is 1. The van der Waals surface area contributed by atoms with Gasteiger partial charge in [0.05, 0.1) is 5.25 Å². The molecule has 2 atom stereocenters. The van der Waals surface area contributed by atoms with Crippen molar-refractivity contribution in [2.45, 2.75) is 23.4 Å². The highest BCUT2D eigenvalue weighted by atomic mass is 79.9. The van der Waals surface area contributed by atoms with Gasteiger partial charge in [0, 0.05) is 22.8 Å². The van der Waals surface area contributed by atoms with E-state index in [1.165, 1.54) is 24.0 Å². The fraction of sp³-hybridized carbons (Fsp3) is 0.231. The van der Waals surface area contributed by atoms with Gasteiger partial charge in [0.2, 0.25) is 0 Å². The molecule has 0 aliphatic carbocycles. The van der Waals surface area contributed by atoms with E-state index < -0.39 is 0 Å². The predicted octanol–water partition coefficient (Wildman–Crippen LogP) is 2.71. The normalized spacial score (nSPS) is 14.1. The number of nitrogens with one attached hydrogen (secondary N) is 1. The summed E-state index contributed by atoms with van der Waals surface area (Å²) >= 11 is 4.87. The van der Waals surface area contributed by atoms with Crippen molar-refractivity contribution >= 4 is 27.7 Å². The zero-order chi connectivity index (χ0) is 13.8. The number of thioether (sulfide) groups is 1. The van der Waals surface area contributed by atoms with Crippen LogP contribution in [0.3, 0.4) is 0 Å². The highest BCUT2D eigenvalue weighted by Crippen LogP contribution is 2.35. The molecule has 0 bridgehead atoms. The summed E-state index contributed by atoms with van der Waals surface area (Å²) in [6.07, 6.45) is 1.50. The maximum Gasteiger partial charge on any atom is 0.251 e. The molecule has 2 rings (SSSR count). The number of aromatic nitrogens is 2. The summed E-state index contributed by atoms with van der Waals surface area (Å²) in [7, 11) is 0. The molecule has 0 radical (unpaired) electrons. The summed E-state index contributed by atoms with van der Waals surface area (Å²) in [5, 5.41) is 0.622. The number of hydrogen-bond donors (Lipinski definition) is 2. The zero-order valence-corrected chi connectivity index (χ0v) is 12.7. The van der Waals surface area contributed by atoms with E-state index in [2.05, 4.69) is 25.9 Å². The quantitative estimate of drug-likeness (QED) is 0.663. The van der Waals surface area contributed by atoms with Gasteiger partial charge in [0.25, 0.3) is 5.56 Å². The van der Waals surface area contributed by atoms with E-state index in [1.807, 2.05) is 31.2 Å². The van der Waals surface area contributed by atoms with Crippen LogP contribution in [0.15, 0.2) is 51.0 Å². The molecule has 0 saturated carbocycles. The van der Waals surface area contributed by atoms with Gasteiger partial charge in [-0.1, -0.05) is 39.8 Å². The lowest BCUT2D eigenvalue weighted by atomic mass is 10.1. The SMILES string of the molecule is CC(N)C(Sc1nccc(=O)[nH]1)c1ccc(Br)cc1. The van der Waals surface area contributed by atoms with Crippen LogP contribution in [0.4, 0.5) is 0 Å². The van der Waals surface area contributed by atoms with Gasteiger partial charge in [-0.2, -0.15) is 0 Å². The summed E-state index contributed by atoms with van der Waals surface area (Å²) in [5.41, 5.74) is 6.99. The van der Waals surface area contributed by atoms with Gasteiger partial charge in [0.1, 0.15) is 0 Å². The van der Waals surface area contributed by atoms with Crippen molar-refractivity contribution < 1.29 is 0 Å². The van der Waals surface area contributed by atoms with E-state index in [-0.39, 0.29) is 16.9 Å². The standard InChI is InChI=1S/C13H14BrN3OS/c1-8(15)12(9-2-4-10(14)5-3-9)19-13-16-7-6-11(18)17-13/h2-8,12H,15H2,1H3,(H,16,17,18). The Bertz CT molecular complexity index is 597. The second-order valence-electron chi connectivity index (χ2n) is 4.19. The molecule has 1 heterocycles. The minimum atomic E-state index is -0.156. The van der Waals surface area contributed by atoms with E-state index >= 15 is 0 Å². The molecule has 3 N–H and O–H groups in total. The van der Waals surface area contributed by atoms with E-state index in [4.69, 9.17) is 5.73 Å². The molecule has 0 aliphatic heterocycles. The van der Waals surface area contributed by atoms with E-state index in [0.717, 1.165) is 10.0 Å². The van der Waals surface area contributed by atoms with Crippen LogP contribution in [0.1, 0.15) is 17.7 Å².